The van der Waals surface area contributed by atoms with E-state index in [1.165, 1.54) is 0 Å². The molecule has 0 aliphatic carbocycles. The Kier molecular flexibility index (Phi) is 7.87. The standard InChI is InChI=1S/C23H30N2O4S/c1-2-29-22-12-10-21(11-13-22)24-23(26)20-14-16-25(17-15-20)30(27,28)18-6-9-19-7-4-3-5-8-19/h3-5,7-8,10-13,20H,2,6,9,14-18H2,1H3,(H,24,26). The minimum absolute atomic E-state index is 0.0553. The number of nitrogens with one attached hydrogen (secondary N) is 1. The lowest BCUT2D eigenvalue weighted by Gasteiger charge is -2.30. The first kappa shape index (κ1) is 22.3. The molecule has 2 aromatic carbocycles. The molecule has 1 N–H and O–H groups in total. The van der Waals surface area contributed by atoms with Crippen LogP contribution in [0.2, 0.25) is 0 Å². The molecular formula is C23H30N2O4S. The molecule has 0 saturated carbocycles. The van der Waals surface area contributed by atoms with Crippen LogP contribution in [0, 0.1) is 5.92 Å². The number of nitrogens with zero attached hydrogens (tertiary/aromatic N) is 1. The summed E-state index contributed by atoms with van der Waals surface area (Å²) in [5.74, 6) is 0.680. The molecule has 0 aromatic heterocycles. The minimum atomic E-state index is -3.28. The van der Waals surface area contributed by atoms with Crippen LogP contribution in [0.3, 0.4) is 0 Å². The monoisotopic (exact) mass is 430 g/mol. The molecule has 0 unspecified atom stereocenters. The molecule has 1 saturated heterocycles. The van der Waals surface area contributed by atoms with E-state index in [4.69, 9.17) is 4.74 Å². The van der Waals surface area contributed by atoms with Gasteiger partial charge in [-0.25, -0.2) is 12.7 Å². The van der Waals surface area contributed by atoms with Crippen molar-refractivity contribution in [2.24, 2.45) is 5.92 Å². The Morgan fingerprint density at radius 1 is 1.07 bits per heavy atom. The number of sulfonamides is 1. The highest BCUT2D eigenvalue weighted by Gasteiger charge is 2.30. The molecule has 162 valence electrons. The van der Waals surface area contributed by atoms with Gasteiger partial charge in [0.1, 0.15) is 5.75 Å². The molecule has 7 heteroatoms. The average Bonchev–Trinajstić information content (AvgIpc) is 2.76. The van der Waals surface area contributed by atoms with Crippen molar-refractivity contribution in [1.29, 1.82) is 0 Å². The number of rotatable bonds is 9. The van der Waals surface area contributed by atoms with Crippen LogP contribution >= 0.6 is 0 Å². The quantitative estimate of drug-likeness (QED) is 0.658. The van der Waals surface area contributed by atoms with Crippen molar-refractivity contribution < 1.29 is 17.9 Å². The number of piperidine rings is 1. The Hall–Kier alpha value is -2.38. The van der Waals surface area contributed by atoms with Crippen molar-refractivity contribution in [2.75, 3.05) is 30.8 Å². The van der Waals surface area contributed by atoms with E-state index in [2.05, 4.69) is 5.32 Å². The second kappa shape index (κ2) is 10.6. The number of amides is 1. The van der Waals surface area contributed by atoms with Crippen molar-refractivity contribution in [3.63, 3.8) is 0 Å². The molecule has 1 heterocycles. The van der Waals surface area contributed by atoms with E-state index in [0.29, 0.717) is 39.0 Å². The fraction of sp³-hybridized carbons (Fsp3) is 0.435. The normalized spacial score (nSPS) is 15.6. The zero-order valence-electron chi connectivity index (χ0n) is 17.4. The van der Waals surface area contributed by atoms with Gasteiger partial charge in [-0.2, -0.15) is 0 Å². The van der Waals surface area contributed by atoms with E-state index in [-0.39, 0.29) is 17.6 Å². The van der Waals surface area contributed by atoms with Gasteiger partial charge in [0.15, 0.2) is 0 Å². The van der Waals surface area contributed by atoms with Gasteiger partial charge in [0.25, 0.3) is 0 Å². The summed E-state index contributed by atoms with van der Waals surface area (Å²) in [4.78, 5) is 12.6. The van der Waals surface area contributed by atoms with E-state index < -0.39 is 10.0 Å². The third kappa shape index (κ3) is 6.31. The lowest BCUT2D eigenvalue weighted by atomic mass is 9.97. The molecule has 1 aliphatic rings. The van der Waals surface area contributed by atoms with Gasteiger partial charge < -0.3 is 10.1 Å². The predicted octanol–water partition coefficient (Wildman–Crippen LogP) is 3.70. The summed E-state index contributed by atoms with van der Waals surface area (Å²) in [7, 11) is -3.28. The van der Waals surface area contributed by atoms with Gasteiger partial charge in [0.2, 0.25) is 15.9 Å². The van der Waals surface area contributed by atoms with Crippen LogP contribution in [0.5, 0.6) is 5.75 Å². The Morgan fingerprint density at radius 2 is 1.73 bits per heavy atom. The second-order valence-corrected chi connectivity index (χ2v) is 9.61. The van der Waals surface area contributed by atoms with E-state index in [0.717, 1.165) is 23.4 Å². The number of ether oxygens (including phenoxy) is 1. The van der Waals surface area contributed by atoms with Crippen molar-refractivity contribution >= 4 is 21.6 Å². The number of hydrogen-bond donors (Lipinski definition) is 1. The lowest BCUT2D eigenvalue weighted by Crippen LogP contribution is -2.42. The minimum Gasteiger partial charge on any atom is -0.494 e. The molecule has 0 spiro atoms. The fourth-order valence-electron chi connectivity index (χ4n) is 3.67. The Balaban J connectivity index is 1.44. The molecule has 0 radical (unpaired) electrons. The molecule has 0 bridgehead atoms. The van der Waals surface area contributed by atoms with Crippen LogP contribution in [0.1, 0.15) is 31.7 Å². The first-order chi connectivity index (χ1) is 14.5. The molecule has 1 aliphatic heterocycles. The second-order valence-electron chi connectivity index (χ2n) is 7.53. The highest BCUT2D eigenvalue weighted by atomic mass is 32.2. The predicted molar refractivity (Wildman–Crippen MR) is 119 cm³/mol. The van der Waals surface area contributed by atoms with Crippen molar-refractivity contribution in [3.05, 3.63) is 60.2 Å². The van der Waals surface area contributed by atoms with Gasteiger partial charge in [0.05, 0.1) is 12.4 Å². The maximum absolute atomic E-state index is 12.6. The van der Waals surface area contributed by atoms with Gasteiger partial charge in [0, 0.05) is 24.7 Å². The molecule has 1 fully saturated rings. The number of anilines is 1. The van der Waals surface area contributed by atoms with E-state index in [1.807, 2.05) is 61.5 Å². The van der Waals surface area contributed by atoms with Crippen molar-refractivity contribution in [1.82, 2.24) is 4.31 Å². The fourth-order valence-corrected chi connectivity index (χ4v) is 5.21. The Morgan fingerprint density at radius 3 is 2.37 bits per heavy atom. The highest BCUT2D eigenvalue weighted by Crippen LogP contribution is 2.23. The van der Waals surface area contributed by atoms with E-state index in [1.54, 1.807) is 4.31 Å². The number of aryl methyl sites for hydroxylation is 1. The summed E-state index contributed by atoms with van der Waals surface area (Å²) in [6, 6.07) is 17.2. The first-order valence-electron chi connectivity index (χ1n) is 10.5. The van der Waals surface area contributed by atoms with Crippen LogP contribution in [-0.4, -0.2) is 44.1 Å². The van der Waals surface area contributed by atoms with E-state index >= 15 is 0 Å². The molecule has 1 amide bonds. The highest BCUT2D eigenvalue weighted by molar-refractivity contribution is 7.89. The zero-order valence-corrected chi connectivity index (χ0v) is 18.2. The van der Waals surface area contributed by atoms with Gasteiger partial charge >= 0.3 is 0 Å². The van der Waals surface area contributed by atoms with Gasteiger partial charge in [-0.15, -0.1) is 0 Å². The van der Waals surface area contributed by atoms with Crippen LogP contribution in [0.15, 0.2) is 54.6 Å². The lowest BCUT2D eigenvalue weighted by molar-refractivity contribution is -0.120. The van der Waals surface area contributed by atoms with Crippen LogP contribution in [0.25, 0.3) is 0 Å². The van der Waals surface area contributed by atoms with E-state index in [9.17, 15) is 13.2 Å². The van der Waals surface area contributed by atoms with Crippen molar-refractivity contribution in [3.8, 4) is 5.75 Å². The molecule has 2 aromatic rings. The summed E-state index contributed by atoms with van der Waals surface area (Å²) in [5, 5.41) is 2.92. The molecular weight excluding hydrogens is 400 g/mol. The number of carbonyl (C=O) groups is 1. The zero-order chi connectivity index (χ0) is 21.4. The third-order valence-electron chi connectivity index (χ3n) is 5.36. The molecule has 0 atom stereocenters. The van der Waals surface area contributed by atoms with Crippen LogP contribution in [0.4, 0.5) is 5.69 Å². The van der Waals surface area contributed by atoms with Gasteiger partial charge in [-0.05, 0) is 62.4 Å². The molecule has 3 rings (SSSR count). The number of hydrogen-bond acceptors (Lipinski definition) is 4. The van der Waals surface area contributed by atoms with Gasteiger partial charge in [-0.1, -0.05) is 30.3 Å². The first-order valence-corrected chi connectivity index (χ1v) is 12.1. The molecule has 6 nitrogen and oxygen atoms in total. The summed E-state index contributed by atoms with van der Waals surface area (Å²) < 4.78 is 32.2. The maximum atomic E-state index is 12.6. The van der Waals surface area contributed by atoms with Crippen LogP contribution in [-0.2, 0) is 21.2 Å². The SMILES string of the molecule is CCOc1ccc(NC(=O)C2CCN(S(=O)(=O)CCCc3ccccc3)CC2)cc1. The Labute approximate surface area is 179 Å². The van der Waals surface area contributed by atoms with Gasteiger partial charge in [-0.3, -0.25) is 4.79 Å². The topological polar surface area (TPSA) is 75.7 Å². The number of carbonyl (C=O) groups excluding carboxylic acids is 1. The smallest absolute Gasteiger partial charge is 0.227 e. The van der Waals surface area contributed by atoms with Crippen LogP contribution < -0.4 is 10.1 Å². The average molecular weight is 431 g/mol. The maximum Gasteiger partial charge on any atom is 0.227 e. The summed E-state index contributed by atoms with van der Waals surface area (Å²) in [6.07, 6.45) is 2.44. The third-order valence-corrected chi connectivity index (χ3v) is 7.32. The Bertz CT molecular complexity index is 906. The molecule has 30 heavy (non-hydrogen) atoms. The van der Waals surface area contributed by atoms with Crippen molar-refractivity contribution in [2.45, 2.75) is 32.6 Å². The summed E-state index contributed by atoms with van der Waals surface area (Å²) in [6.45, 7) is 3.31. The summed E-state index contributed by atoms with van der Waals surface area (Å²) in [5.41, 5.74) is 1.87. The summed E-state index contributed by atoms with van der Waals surface area (Å²) >= 11 is 0. The largest absolute Gasteiger partial charge is 0.494 e. The number of benzene rings is 2.